The standard InChI is InChI=1S/C21H18N2O4/c1-21(2,3)13-6-4-12(5-7-13)19-22-20(27-23-19)18-11-16(25)15-10-14(24)8-9-17(15)26-18/h4-11,24H,1-3H3. The fraction of sp³-hybridized carbons (Fsp3) is 0.190. The summed E-state index contributed by atoms with van der Waals surface area (Å²) in [5.74, 6) is 0.723. The summed E-state index contributed by atoms with van der Waals surface area (Å²) < 4.78 is 11.0. The molecule has 0 bridgehead atoms. The molecule has 0 aliphatic rings. The summed E-state index contributed by atoms with van der Waals surface area (Å²) >= 11 is 0. The Morgan fingerprint density at radius 2 is 1.74 bits per heavy atom. The maximum atomic E-state index is 12.3. The van der Waals surface area contributed by atoms with Crippen LogP contribution in [0.15, 0.2) is 62.3 Å². The van der Waals surface area contributed by atoms with E-state index in [9.17, 15) is 9.90 Å². The van der Waals surface area contributed by atoms with E-state index in [0.717, 1.165) is 5.56 Å². The molecule has 0 saturated heterocycles. The second-order valence-electron chi connectivity index (χ2n) is 7.41. The number of fused-ring (bicyclic) bond motifs is 1. The number of rotatable bonds is 2. The lowest BCUT2D eigenvalue weighted by atomic mass is 9.87. The zero-order valence-electron chi connectivity index (χ0n) is 15.2. The molecule has 136 valence electrons. The first-order valence-electron chi connectivity index (χ1n) is 8.53. The monoisotopic (exact) mass is 362 g/mol. The van der Waals surface area contributed by atoms with Gasteiger partial charge in [-0.1, -0.05) is 50.2 Å². The molecule has 2 aromatic heterocycles. The number of aromatic hydroxyl groups is 1. The van der Waals surface area contributed by atoms with E-state index >= 15 is 0 Å². The summed E-state index contributed by atoms with van der Waals surface area (Å²) in [5, 5.41) is 13.8. The van der Waals surface area contributed by atoms with Crippen molar-refractivity contribution >= 4 is 11.0 Å². The van der Waals surface area contributed by atoms with Gasteiger partial charge in [-0.15, -0.1) is 0 Å². The summed E-state index contributed by atoms with van der Waals surface area (Å²) in [6.45, 7) is 6.45. The Bertz CT molecular complexity index is 1180. The third-order valence-corrected chi connectivity index (χ3v) is 4.36. The molecular weight excluding hydrogens is 344 g/mol. The highest BCUT2D eigenvalue weighted by atomic mass is 16.5. The van der Waals surface area contributed by atoms with E-state index in [0.29, 0.717) is 11.4 Å². The van der Waals surface area contributed by atoms with Crippen molar-refractivity contribution in [1.82, 2.24) is 10.1 Å². The van der Waals surface area contributed by atoms with E-state index in [2.05, 4.69) is 30.9 Å². The van der Waals surface area contributed by atoms with Gasteiger partial charge in [-0.2, -0.15) is 4.98 Å². The number of phenols is 1. The van der Waals surface area contributed by atoms with Gasteiger partial charge in [0.05, 0.1) is 5.39 Å². The van der Waals surface area contributed by atoms with Crippen LogP contribution in [0, 0.1) is 0 Å². The molecule has 6 nitrogen and oxygen atoms in total. The van der Waals surface area contributed by atoms with Crippen LogP contribution in [0.2, 0.25) is 0 Å². The Labute approximate surface area is 155 Å². The van der Waals surface area contributed by atoms with Gasteiger partial charge in [-0.3, -0.25) is 4.79 Å². The first kappa shape index (κ1) is 17.0. The minimum absolute atomic E-state index is 0.00123. The average molecular weight is 362 g/mol. The fourth-order valence-electron chi connectivity index (χ4n) is 2.81. The van der Waals surface area contributed by atoms with Gasteiger partial charge < -0.3 is 14.0 Å². The van der Waals surface area contributed by atoms with Gasteiger partial charge in [0, 0.05) is 11.6 Å². The van der Waals surface area contributed by atoms with Gasteiger partial charge in [-0.25, -0.2) is 0 Å². The van der Waals surface area contributed by atoms with Crippen molar-refractivity contribution in [1.29, 1.82) is 0 Å². The normalized spacial score (nSPS) is 11.8. The molecule has 0 fully saturated rings. The lowest BCUT2D eigenvalue weighted by Crippen LogP contribution is -2.10. The maximum absolute atomic E-state index is 12.3. The Balaban J connectivity index is 1.71. The van der Waals surface area contributed by atoms with Crippen molar-refractivity contribution in [3.63, 3.8) is 0 Å². The highest BCUT2D eigenvalue weighted by Crippen LogP contribution is 2.27. The summed E-state index contributed by atoms with van der Waals surface area (Å²) in [7, 11) is 0. The number of hydrogen-bond acceptors (Lipinski definition) is 6. The quantitative estimate of drug-likeness (QED) is 0.564. The Kier molecular flexibility index (Phi) is 3.84. The van der Waals surface area contributed by atoms with Crippen LogP contribution in [0.4, 0.5) is 0 Å². The molecular formula is C21H18N2O4. The molecule has 1 N–H and O–H groups in total. The second kappa shape index (κ2) is 6.09. The molecule has 0 amide bonds. The molecule has 0 radical (unpaired) electrons. The van der Waals surface area contributed by atoms with Crippen LogP contribution in [0.5, 0.6) is 5.75 Å². The molecule has 2 aromatic carbocycles. The van der Waals surface area contributed by atoms with E-state index < -0.39 is 0 Å². The second-order valence-corrected chi connectivity index (χ2v) is 7.41. The van der Waals surface area contributed by atoms with Crippen LogP contribution in [0.1, 0.15) is 26.3 Å². The molecule has 6 heteroatoms. The minimum atomic E-state index is -0.295. The van der Waals surface area contributed by atoms with Crippen molar-refractivity contribution in [2.24, 2.45) is 0 Å². The maximum Gasteiger partial charge on any atom is 0.294 e. The van der Waals surface area contributed by atoms with E-state index in [1.807, 2.05) is 24.3 Å². The van der Waals surface area contributed by atoms with E-state index in [1.54, 1.807) is 0 Å². The van der Waals surface area contributed by atoms with Gasteiger partial charge in [0.2, 0.25) is 5.82 Å². The van der Waals surface area contributed by atoms with Crippen molar-refractivity contribution in [2.45, 2.75) is 26.2 Å². The fourth-order valence-corrected chi connectivity index (χ4v) is 2.81. The molecule has 0 saturated carbocycles. The largest absolute Gasteiger partial charge is 0.508 e. The smallest absolute Gasteiger partial charge is 0.294 e. The van der Waals surface area contributed by atoms with Crippen LogP contribution < -0.4 is 5.43 Å². The SMILES string of the molecule is CC(C)(C)c1ccc(-c2noc(-c3cc(=O)c4cc(O)ccc4o3)n2)cc1. The summed E-state index contributed by atoms with van der Waals surface area (Å²) in [4.78, 5) is 16.6. The van der Waals surface area contributed by atoms with Crippen LogP contribution in [0.3, 0.4) is 0 Å². The molecule has 0 unspecified atom stereocenters. The Morgan fingerprint density at radius 3 is 2.44 bits per heavy atom. The number of phenolic OH excluding ortho intramolecular Hbond substituents is 1. The average Bonchev–Trinajstić information content (AvgIpc) is 3.12. The van der Waals surface area contributed by atoms with Gasteiger partial charge >= 0.3 is 0 Å². The molecule has 0 spiro atoms. The van der Waals surface area contributed by atoms with Crippen molar-refractivity contribution in [2.75, 3.05) is 0 Å². The summed E-state index contributed by atoms with van der Waals surface area (Å²) in [5.41, 5.74) is 2.12. The predicted octanol–water partition coefficient (Wildman–Crippen LogP) is 4.51. The number of hydrogen-bond donors (Lipinski definition) is 1. The Morgan fingerprint density at radius 1 is 1.00 bits per heavy atom. The molecule has 0 aliphatic carbocycles. The molecule has 2 heterocycles. The lowest BCUT2D eigenvalue weighted by molar-refractivity contribution is 0.418. The molecule has 0 atom stereocenters. The summed E-state index contributed by atoms with van der Waals surface area (Å²) in [6, 6.07) is 13.6. The van der Waals surface area contributed by atoms with Gasteiger partial charge in [0.15, 0.2) is 11.2 Å². The third-order valence-electron chi connectivity index (χ3n) is 4.36. The molecule has 0 aliphatic heterocycles. The van der Waals surface area contributed by atoms with Gasteiger partial charge in [0.1, 0.15) is 11.3 Å². The lowest BCUT2D eigenvalue weighted by Gasteiger charge is -2.18. The van der Waals surface area contributed by atoms with Crippen LogP contribution in [-0.2, 0) is 5.41 Å². The van der Waals surface area contributed by atoms with E-state index in [1.165, 1.54) is 29.8 Å². The highest BCUT2D eigenvalue weighted by Gasteiger charge is 2.17. The first-order chi connectivity index (χ1) is 12.8. The minimum Gasteiger partial charge on any atom is -0.508 e. The zero-order valence-corrected chi connectivity index (χ0v) is 15.2. The van der Waals surface area contributed by atoms with Gasteiger partial charge in [0.25, 0.3) is 5.89 Å². The molecule has 4 rings (SSSR count). The van der Waals surface area contributed by atoms with Crippen molar-refractivity contribution < 1.29 is 14.0 Å². The highest BCUT2D eigenvalue weighted by molar-refractivity contribution is 5.79. The van der Waals surface area contributed by atoms with Crippen LogP contribution in [0.25, 0.3) is 34.0 Å². The van der Waals surface area contributed by atoms with Crippen molar-refractivity contribution in [3.05, 3.63) is 64.3 Å². The van der Waals surface area contributed by atoms with Crippen molar-refractivity contribution in [3.8, 4) is 28.8 Å². The number of benzene rings is 2. The molecule has 27 heavy (non-hydrogen) atoms. The predicted molar refractivity (Wildman–Crippen MR) is 102 cm³/mol. The first-order valence-corrected chi connectivity index (χ1v) is 8.53. The van der Waals surface area contributed by atoms with Gasteiger partial charge in [-0.05, 0) is 29.2 Å². The third kappa shape index (κ3) is 3.21. The zero-order chi connectivity index (χ0) is 19.2. The van der Waals surface area contributed by atoms with Crippen LogP contribution >= 0.6 is 0 Å². The number of aromatic nitrogens is 2. The van der Waals surface area contributed by atoms with E-state index in [4.69, 9.17) is 8.94 Å². The number of nitrogens with zero attached hydrogens (tertiary/aromatic N) is 2. The van der Waals surface area contributed by atoms with E-state index in [-0.39, 0.29) is 33.6 Å². The van der Waals surface area contributed by atoms with Crippen LogP contribution in [-0.4, -0.2) is 15.2 Å². The topological polar surface area (TPSA) is 89.4 Å². The summed E-state index contributed by atoms with van der Waals surface area (Å²) in [6.07, 6.45) is 0. The Hall–Kier alpha value is -3.41. The molecule has 4 aromatic rings.